The summed E-state index contributed by atoms with van der Waals surface area (Å²) in [5, 5.41) is 8.90. The Bertz CT molecular complexity index is 93.6. The second kappa shape index (κ2) is 5.23. The summed E-state index contributed by atoms with van der Waals surface area (Å²) in [4.78, 5) is 11.3. The molecule has 10 heavy (non-hydrogen) atoms. The average molecular weight is 144 g/mol. The van der Waals surface area contributed by atoms with Crippen LogP contribution in [0.5, 0.6) is 0 Å². The van der Waals surface area contributed by atoms with Gasteiger partial charge in [-0.05, 0) is 13.3 Å². The monoisotopic (exact) mass is 144 g/mol. The molecule has 1 amide bonds. The van der Waals surface area contributed by atoms with Gasteiger partial charge in [-0.1, -0.05) is 13.3 Å². The quantitative estimate of drug-likeness (QED) is 0.450. The Morgan fingerprint density at radius 1 is 1.70 bits per heavy atom. The Morgan fingerprint density at radius 3 is 2.60 bits per heavy atom. The molecule has 0 aliphatic heterocycles. The van der Waals surface area contributed by atoms with Crippen LogP contribution in [0, 0.1) is 0 Å². The second-order valence-electron chi connectivity index (χ2n) is 2.27. The SMILES string of the molecule is CCCCN([C]=O)C(C)O. The first-order valence-electron chi connectivity index (χ1n) is 3.54. The van der Waals surface area contributed by atoms with Crippen LogP contribution in [0.4, 0.5) is 0 Å². The second-order valence-corrected chi connectivity index (χ2v) is 2.27. The molecule has 0 aromatic heterocycles. The zero-order valence-corrected chi connectivity index (χ0v) is 6.50. The Morgan fingerprint density at radius 2 is 2.30 bits per heavy atom. The number of rotatable bonds is 5. The standard InChI is InChI=1S/C7H14NO2/c1-3-4-5-8(6-9)7(2)10/h7,10H,3-5H2,1-2H3. The Labute approximate surface area is 61.6 Å². The highest BCUT2D eigenvalue weighted by Gasteiger charge is 2.06. The van der Waals surface area contributed by atoms with Crippen molar-refractivity contribution in [3.05, 3.63) is 0 Å². The lowest BCUT2D eigenvalue weighted by Gasteiger charge is -2.18. The summed E-state index contributed by atoms with van der Waals surface area (Å²) in [6.45, 7) is 4.18. The van der Waals surface area contributed by atoms with E-state index in [0.717, 1.165) is 12.8 Å². The molecule has 0 bridgehead atoms. The van der Waals surface area contributed by atoms with Crippen LogP contribution in [0.15, 0.2) is 0 Å². The predicted molar refractivity (Wildman–Crippen MR) is 39.0 cm³/mol. The van der Waals surface area contributed by atoms with Crippen molar-refractivity contribution in [2.24, 2.45) is 0 Å². The minimum Gasteiger partial charge on any atom is -0.374 e. The van der Waals surface area contributed by atoms with Crippen LogP contribution < -0.4 is 0 Å². The molecule has 1 unspecified atom stereocenters. The summed E-state index contributed by atoms with van der Waals surface area (Å²) < 4.78 is 0. The van der Waals surface area contributed by atoms with E-state index in [2.05, 4.69) is 0 Å². The first kappa shape index (κ1) is 9.43. The number of nitrogens with zero attached hydrogens (tertiary/aromatic N) is 1. The number of carbonyl (C=O) groups excluding carboxylic acids is 1. The Hall–Kier alpha value is -0.570. The van der Waals surface area contributed by atoms with Crippen molar-refractivity contribution < 1.29 is 9.90 Å². The van der Waals surface area contributed by atoms with Gasteiger partial charge < -0.3 is 10.0 Å². The maximum absolute atomic E-state index is 10.1. The molecular weight excluding hydrogens is 130 g/mol. The lowest BCUT2D eigenvalue weighted by molar-refractivity contribution is 0.0675. The van der Waals surface area contributed by atoms with Crippen molar-refractivity contribution in [1.82, 2.24) is 4.90 Å². The highest BCUT2D eigenvalue weighted by molar-refractivity contribution is 5.48. The molecule has 0 saturated heterocycles. The van der Waals surface area contributed by atoms with Crippen LogP contribution in [0.25, 0.3) is 0 Å². The molecule has 0 saturated carbocycles. The van der Waals surface area contributed by atoms with Crippen LogP contribution in [0.3, 0.4) is 0 Å². The molecule has 0 rings (SSSR count). The first-order chi connectivity index (χ1) is 4.72. The van der Waals surface area contributed by atoms with Gasteiger partial charge in [-0.2, -0.15) is 0 Å². The van der Waals surface area contributed by atoms with Crippen LogP contribution in [-0.2, 0) is 4.79 Å². The van der Waals surface area contributed by atoms with Gasteiger partial charge in [0.2, 0.25) is 0 Å². The van der Waals surface area contributed by atoms with Gasteiger partial charge >= 0.3 is 6.41 Å². The summed E-state index contributed by atoms with van der Waals surface area (Å²) in [5.74, 6) is 0. The third-order valence-electron chi connectivity index (χ3n) is 1.32. The number of aliphatic hydroxyl groups excluding tert-OH is 1. The van der Waals surface area contributed by atoms with Crippen molar-refractivity contribution >= 4 is 6.41 Å². The van der Waals surface area contributed by atoms with Crippen molar-refractivity contribution in [2.45, 2.75) is 32.9 Å². The smallest absolute Gasteiger partial charge is 0.314 e. The first-order valence-corrected chi connectivity index (χ1v) is 3.54. The summed E-state index contributed by atoms with van der Waals surface area (Å²) in [6.07, 6.45) is 2.90. The van der Waals surface area contributed by atoms with E-state index in [1.807, 2.05) is 6.92 Å². The third-order valence-corrected chi connectivity index (χ3v) is 1.32. The normalized spacial score (nSPS) is 12.7. The number of hydrogen-bond acceptors (Lipinski definition) is 2. The van der Waals surface area contributed by atoms with Gasteiger partial charge in [0.15, 0.2) is 0 Å². The van der Waals surface area contributed by atoms with Crippen LogP contribution >= 0.6 is 0 Å². The summed E-state index contributed by atoms with van der Waals surface area (Å²) in [6, 6.07) is 0. The van der Waals surface area contributed by atoms with Gasteiger partial charge in [-0.15, -0.1) is 0 Å². The molecule has 3 nitrogen and oxygen atoms in total. The molecule has 0 heterocycles. The van der Waals surface area contributed by atoms with Gasteiger partial charge in [-0.3, -0.25) is 4.79 Å². The van der Waals surface area contributed by atoms with Crippen LogP contribution in [0.2, 0.25) is 0 Å². The third kappa shape index (κ3) is 3.45. The topological polar surface area (TPSA) is 40.5 Å². The van der Waals surface area contributed by atoms with E-state index in [-0.39, 0.29) is 0 Å². The van der Waals surface area contributed by atoms with Crippen molar-refractivity contribution in [1.29, 1.82) is 0 Å². The minimum atomic E-state index is -0.705. The van der Waals surface area contributed by atoms with E-state index in [9.17, 15) is 4.79 Å². The number of aliphatic hydroxyl groups is 1. The molecule has 0 aromatic rings. The van der Waals surface area contributed by atoms with E-state index in [1.165, 1.54) is 4.90 Å². The average Bonchev–Trinajstić information content (AvgIpc) is 1.89. The Balaban J connectivity index is 3.50. The molecule has 1 atom stereocenters. The zero-order valence-electron chi connectivity index (χ0n) is 6.50. The van der Waals surface area contributed by atoms with Crippen molar-refractivity contribution in [3.63, 3.8) is 0 Å². The van der Waals surface area contributed by atoms with Crippen molar-refractivity contribution in [2.75, 3.05) is 6.54 Å². The molecule has 0 aliphatic rings. The van der Waals surface area contributed by atoms with E-state index >= 15 is 0 Å². The van der Waals surface area contributed by atoms with Gasteiger partial charge in [0.25, 0.3) is 0 Å². The van der Waals surface area contributed by atoms with Gasteiger partial charge in [0.1, 0.15) is 6.23 Å². The number of hydrogen-bond donors (Lipinski definition) is 1. The maximum atomic E-state index is 10.1. The molecular formula is C7H14NO2. The van der Waals surface area contributed by atoms with Gasteiger partial charge in [0.05, 0.1) is 0 Å². The lowest BCUT2D eigenvalue weighted by Crippen LogP contribution is -2.32. The molecule has 1 radical (unpaired) electrons. The fourth-order valence-electron chi connectivity index (χ4n) is 0.637. The predicted octanol–water partition coefficient (Wildman–Crippen LogP) is 0.494. The fourth-order valence-corrected chi connectivity index (χ4v) is 0.637. The zero-order chi connectivity index (χ0) is 7.98. The largest absolute Gasteiger partial charge is 0.374 e. The Kier molecular flexibility index (Phi) is 4.94. The molecule has 59 valence electrons. The molecule has 0 spiro atoms. The molecule has 0 fully saturated rings. The van der Waals surface area contributed by atoms with E-state index < -0.39 is 6.23 Å². The van der Waals surface area contributed by atoms with Gasteiger partial charge in [0, 0.05) is 6.54 Å². The summed E-state index contributed by atoms with van der Waals surface area (Å²) in [7, 11) is 0. The van der Waals surface area contributed by atoms with Gasteiger partial charge in [-0.25, -0.2) is 0 Å². The summed E-state index contributed by atoms with van der Waals surface area (Å²) >= 11 is 0. The minimum absolute atomic E-state index is 0.595. The molecule has 3 heteroatoms. The molecule has 0 aromatic carbocycles. The number of amides is 1. The van der Waals surface area contributed by atoms with Crippen LogP contribution in [0.1, 0.15) is 26.7 Å². The number of unbranched alkanes of at least 4 members (excludes halogenated alkanes) is 1. The fraction of sp³-hybridized carbons (Fsp3) is 0.857. The summed E-state index contributed by atoms with van der Waals surface area (Å²) in [5.41, 5.74) is 0. The lowest BCUT2D eigenvalue weighted by atomic mass is 10.3. The highest BCUT2D eigenvalue weighted by Crippen LogP contribution is 1.95. The van der Waals surface area contributed by atoms with Crippen LogP contribution in [-0.4, -0.2) is 29.2 Å². The molecule has 1 N–H and O–H groups in total. The highest BCUT2D eigenvalue weighted by atomic mass is 16.3. The van der Waals surface area contributed by atoms with E-state index in [0.29, 0.717) is 6.54 Å². The maximum Gasteiger partial charge on any atom is 0.314 e. The molecule has 0 aliphatic carbocycles. The van der Waals surface area contributed by atoms with Crippen molar-refractivity contribution in [3.8, 4) is 0 Å². The van der Waals surface area contributed by atoms with E-state index in [1.54, 1.807) is 13.3 Å². The van der Waals surface area contributed by atoms with E-state index in [4.69, 9.17) is 5.11 Å².